The molecule has 8 nitrogen and oxygen atoms in total. The molecule has 0 radical (unpaired) electrons. The summed E-state index contributed by atoms with van der Waals surface area (Å²) < 4.78 is 9.16. The van der Waals surface area contributed by atoms with Crippen LogP contribution >= 0.6 is 11.6 Å². The van der Waals surface area contributed by atoms with Crippen molar-refractivity contribution in [3.05, 3.63) is 41.4 Å². The molecule has 164 valence electrons. The summed E-state index contributed by atoms with van der Waals surface area (Å²) in [4.78, 5) is 29.4. The van der Waals surface area contributed by atoms with Gasteiger partial charge in [0.05, 0.1) is 11.7 Å². The number of benzene rings is 1. The lowest BCUT2D eigenvalue weighted by Crippen LogP contribution is -2.54. The monoisotopic (exact) mass is 435 g/mol. The number of carbonyl (C=O) groups is 2. The Morgan fingerprint density at radius 1 is 1.33 bits per heavy atom. The van der Waals surface area contributed by atoms with Gasteiger partial charge in [-0.1, -0.05) is 46.2 Å². The van der Waals surface area contributed by atoms with E-state index in [1.54, 1.807) is 29.2 Å². The molecular weight excluding hydrogens is 404 g/mol. The molecule has 2 amide bonds. The van der Waals surface area contributed by atoms with Crippen molar-refractivity contribution in [1.82, 2.24) is 25.4 Å². The first-order valence-corrected chi connectivity index (χ1v) is 10.2. The summed E-state index contributed by atoms with van der Waals surface area (Å²) in [6, 6.07) is 3.75. The van der Waals surface area contributed by atoms with Crippen LogP contribution in [-0.4, -0.2) is 38.7 Å². The van der Waals surface area contributed by atoms with Gasteiger partial charge in [-0.3, -0.25) is 9.59 Å². The number of nitrogens with zero attached hydrogens (tertiary/aromatic N) is 3. The van der Waals surface area contributed by atoms with Gasteiger partial charge in [0.1, 0.15) is 18.7 Å². The SMILES string of the molecule is [2H]CC(C)(C)C[C@H](N)C(=O)N[C@H](C(=O)NCc1cc(Cl)ccc1-n1cncn1)C(C)C. The summed E-state index contributed by atoms with van der Waals surface area (Å²) in [5, 5.41) is 10.3. The predicted molar refractivity (Wildman–Crippen MR) is 117 cm³/mol. The zero-order valence-electron chi connectivity index (χ0n) is 18.9. The molecule has 2 atom stereocenters. The highest BCUT2D eigenvalue weighted by molar-refractivity contribution is 6.30. The molecule has 30 heavy (non-hydrogen) atoms. The van der Waals surface area contributed by atoms with Crippen LogP contribution < -0.4 is 16.4 Å². The minimum atomic E-state index is -0.791. The minimum absolute atomic E-state index is 0.144. The molecule has 9 heteroatoms. The second kappa shape index (κ2) is 10.0. The van der Waals surface area contributed by atoms with Crippen LogP contribution in [-0.2, 0) is 16.1 Å². The predicted octanol–water partition coefficient (Wildman–Crippen LogP) is 2.44. The third-order valence-corrected chi connectivity index (χ3v) is 4.75. The molecule has 0 bridgehead atoms. The first-order chi connectivity index (χ1) is 14.5. The Balaban J connectivity index is 2.07. The molecule has 0 saturated carbocycles. The van der Waals surface area contributed by atoms with Crippen LogP contribution in [0.15, 0.2) is 30.9 Å². The van der Waals surface area contributed by atoms with Gasteiger partial charge in [-0.2, -0.15) is 5.10 Å². The van der Waals surface area contributed by atoms with Crippen LogP contribution in [0, 0.1) is 11.3 Å². The molecule has 0 aliphatic heterocycles. The number of aromatic nitrogens is 3. The van der Waals surface area contributed by atoms with Crippen molar-refractivity contribution in [1.29, 1.82) is 0 Å². The molecule has 0 fully saturated rings. The molecule has 0 aliphatic carbocycles. The van der Waals surface area contributed by atoms with E-state index in [9.17, 15) is 9.59 Å². The van der Waals surface area contributed by atoms with Crippen molar-refractivity contribution in [3.63, 3.8) is 0 Å². The highest BCUT2D eigenvalue weighted by atomic mass is 35.5. The molecule has 0 unspecified atom stereocenters. The van der Waals surface area contributed by atoms with Crippen molar-refractivity contribution in [3.8, 4) is 5.69 Å². The number of rotatable bonds is 8. The van der Waals surface area contributed by atoms with E-state index in [4.69, 9.17) is 18.7 Å². The first kappa shape index (κ1) is 22.2. The molecule has 0 saturated heterocycles. The van der Waals surface area contributed by atoms with Crippen molar-refractivity contribution >= 4 is 23.4 Å². The van der Waals surface area contributed by atoms with Gasteiger partial charge in [-0.25, -0.2) is 9.67 Å². The largest absolute Gasteiger partial charge is 0.350 e. The zero-order valence-corrected chi connectivity index (χ0v) is 18.6. The normalized spacial score (nSPS) is 14.2. The highest BCUT2D eigenvalue weighted by Gasteiger charge is 2.28. The fourth-order valence-corrected chi connectivity index (χ4v) is 3.22. The first-order valence-electron chi connectivity index (χ1n) is 10.5. The van der Waals surface area contributed by atoms with E-state index < -0.39 is 18.0 Å². The lowest BCUT2D eigenvalue weighted by atomic mass is 9.88. The Morgan fingerprint density at radius 2 is 2.07 bits per heavy atom. The van der Waals surface area contributed by atoms with Crippen molar-refractivity contribution in [2.24, 2.45) is 17.1 Å². The molecule has 4 N–H and O–H groups in total. The molecular formula is C21H31ClN6O2. The van der Waals surface area contributed by atoms with Crippen LogP contribution in [0.3, 0.4) is 0 Å². The maximum atomic E-state index is 12.9. The fraction of sp³-hybridized carbons (Fsp3) is 0.524. The highest BCUT2D eigenvalue weighted by Crippen LogP contribution is 2.21. The van der Waals surface area contributed by atoms with Crippen LogP contribution in [0.1, 0.15) is 47.9 Å². The number of nitrogens with two attached hydrogens (primary N) is 1. The van der Waals surface area contributed by atoms with E-state index in [2.05, 4.69) is 20.7 Å². The summed E-state index contributed by atoms with van der Waals surface area (Å²) in [6.07, 6.45) is 3.34. The number of carbonyl (C=O) groups excluding carboxylic acids is 2. The summed E-state index contributed by atoms with van der Waals surface area (Å²) >= 11 is 6.13. The average molecular weight is 436 g/mol. The summed E-state index contributed by atoms with van der Waals surface area (Å²) in [5.41, 5.74) is 7.15. The van der Waals surface area contributed by atoms with Crippen molar-refractivity contribution in [2.75, 3.05) is 0 Å². The molecule has 1 aromatic carbocycles. The van der Waals surface area contributed by atoms with Crippen molar-refractivity contribution < 1.29 is 11.0 Å². The van der Waals surface area contributed by atoms with E-state index >= 15 is 0 Å². The average Bonchev–Trinajstić information content (AvgIpc) is 3.24. The Hall–Kier alpha value is -2.45. The number of hydrogen-bond acceptors (Lipinski definition) is 5. The topological polar surface area (TPSA) is 115 Å². The zero-order chi connectivity index (χ0) is 23.2. The second-order valence-electron chi connectivity index (χ2n) is 8.54. The van der Waals surface area contributed by atoms with Crippen LogP contribution in [0.25, 0.3) is 5.69 Å². The smallest absolute Gasteiger partial charge is 0.243 e. The van der Waals surface area contributed by atoms with E-state index in [0.29, 0.717) is 11.4 Å². The molecule has 0 spiro atoms. The van der Waals surface area contributed by atoms with Gasteiger partial charge < -0.3 is 16.4 Å². The van der Waals surface area contributed by atoms with E-state index in [-0.39, 0.29) is 30.7 Å². The van der Waals surface area contributed by atoms with Gasteiger partial charge in [0, 0.05) is 12.9 Å². The lowest BCUT2D eigenvalue weighted by Gasteiger charge is -2.26. The van der Waals surface area contributed by atoms with Gasteiger partial charge in [-0.15, -0.1) is 0 Å². The number of halogens is 1. The quantitative estimate of drug-likeness (QED) is 0.589. The van der Waals surface area contributed by atoms with Crippen LogP contribution in [0.2, 0.25) is 5.02 Å². The maximum Gasteiger partial charge on any atom is 0.243 e. The van der Waals surface area contributed by atoms with Gasteiger partial charge >= 0.3 is 0 Å². The molecule has 2 aromatic rings. The molecule has 2 rings (SSSR count). The number of nitrogens with one attached hydrogen (secondary N) is 2. The van der Waals surface area contributed by atoms with E-state index in [0.717, 1.165) is 11.3 Å². The third kappa shape index (κ3) is 6.81. The third-order valence-electron chi connectivity index (χ3n) is 4.52. The molecule has 1 aromatic heterocycles. The lowest BCUT2D eigenvalue weighted by molar-refractivity contribution is -0.131. The Morgan fingerprint density at radius 3 is 2.67 bits per heavy atom. The summed E-state index contributed by atoms with van der Waals surface area (Å²) in [5.74, 6) is -0.865. The van der Waals surface area contributed by atoms with E-state index in [1.165, 1.54) is 6.33 Å². The van der Waals surface area contributed by atoms with Crippen LogP contribution in [0.5, 0.6) is 0 Å². The van der Waals surface area contributed by atoms with Gasteiger partial charge in [0.25, 0.3) is 0 Å². The van der Waals surface area contributed by atoms with Crippen LogP contribution in [0.4, 0.5) is 0 Å². The Labute approximate surface area is 184 Å². The second-order valence-corrected chi connectivity index (χ2v) is 8.97. The standard InChI is InChI=1S/C21H31ClN6O2/c1-13(2)18(27-19(29)16(23)9-21(3,4)5)20(30)25-10-14-8-15(22)6-7-17(14)28-12-24-11-26-28/h6-8,11-13,16,18H,9-10,23H2,1-5H3,(H,25,30)(H,27,29)/t16-,18-/m0/s1/i3D. The number of hydrogen-bond donors (Lipinski definition) is 3. The van der Waals surface area contributed by atoms with Gasteiger partial charge in [-0.05, 0) is 41.5 Å². The summed E-state index contributed by atoms with van der Waals surface area (Å²) in [7, 11) is 0. The molecule has 0 aliphatic rings. The van der Waals surface area contributed by atoms with Crippen molar-refractivity contribution in [2.45, 2.75) is 59.6 Å². The summed E-state index contributed by atoms with van der Waals surface area (Å²) in [6.45, 7) is 7.84. The minimum Gasteiger partial charge on any atom is -0.350 e. The molecule has 1 heterocycles. The fourth-order valence-electron chi connectivity index (χ4n) is 3.03. The number of amides is 2. The maximum absolute atomic E-state index is 12.9. The van der Waals surface area contributed by atoms with E-state index in [1.807, 2.05) is 27.7 Å². The van der Waals surface area contributed by atoms with Gasteiger partial charge in [0.2, 0.25) is 11.8 Å². The Kier molecular flexibility index (Phi) is 7.44. The van der Waals surface area contributed by atoms with Gasteiger partial charge in [0.15, 0.2) is 0 Å². The Bertz CT molecular complexity index is 888.